The zero-order valence-corrected chi connectivity index (χ0v) is 23.6. The highest BCUT2D eigenvalue weighted by Crippen LogP contribution is 2.19. The second-order valence-electron chi connectivity index (χ2n) is 10.3. The summed E-state index contributed by atoms with van der Waals surface area (Å²) in [4.78, 5) is 32.5. The Morgan fingerprint density at radius 3 is 2.39 bits per heavy atom. The number of nitrogens with one attached hydrogen (secondary N) is 1. The molecule has 6 nitrogen and oxygen atoms in total. The molecule has 0 unspecified atom stereocenters. The molecule has 0 atom stereocenters. The van der Waals surface area contributed by atoms with Crippen molar-refractivity contribution >= 4 is 38.8 Å². The molecule has 2 amide bonds. The van der Waals surface area contributed by atoms with Crippen molar-refractivity contribution in [2.45, 2.75) is 59.9 Å². The number of carbonyl (C=O) groups is 2. The van der Waals surface area contributed by atoms with Gasteiger partial charge in [0.25, 0.3) is 5.91 Å². The van der Waals surface area contributed by atoms with E-state index in [4.69, 9.17) is 4.98 Å². The van der Waals surface area contributed by atoms with Gasteiger partial charge in [0.1, 0.15) is 12.4 Å². The molecular weight excluding hydrogens is 516 g/mol. The fourth-order valence-electron chi connectivity index (χ4n) is 4.41. The van der Waals surface area contributed by atoms with Crippen LogP contribution in [0, 0.1) is 11.8 Å². The molecule has 1 N–H and O–H groups in total. The van der Waals surface area contributed by atoms with Gasteiger partial charge in [0.15, 0.2) is 0 Å². The summed E-state index contributed by atoms with van der Waals surface area (Å²) in [7, 11) is 0. The van der Waals surface area contributed by atoms with Crippen LogP contribution in [0.15, 0.2) is 53.0 Å². The summed E-state index contributed by atoms with van der Waals surface area (Å²) in [6.07, 6.45) is 3.63. The fourth-order valence-corrected chi connectivity index (χ4v) is 4.81. The molecule has 0 spiro atoms. The van der Waals surface area contributed by atoms with E-state index >= 15 is 0 Å². The van der Waals surface area contributed by atoms with Gasteiger partial charge in [-0.2, -0.15) is 0 Å². The van der Waals surface area contributed by atoms with E-state index in [1.54, 1.807) is 0 Å². The minimum absolute atomic E-state index is 0.0519. The molecule has 36 heavy (non-hydrogen) atoms. The number of carbonyl (C=O) groups excluding carboxylic acids is 2. The largest absolute Gasteiger partial charge is 0.352 e. The summed E-state index contributed by atoms with van der Waals surface area (Å²) in [5.41, 5.74) is 2.60. The predicted octanol–water partition coefficient (Wildman–Crippen LogP) is 6.08. The van der Waals surface area contributed by atoms with Crippen LogP contribution in [0.4, 0.5) is 0 Å². The average Bonchev–Trinajstić information content (AvgIpc) is 3.17. The van der Waals surface area contributed by atoms with Crippen molar-refractivity contribution in [3.63, 3.8) is 0 Å². The standard InChI is InChI=1S/C29H39BrN4O2/c1-21(2)18-33(19-22(3)4)28(35)20-34-26-14-8-7-13-25(26)32-27(34)15-6-5-9-16-31-29(36)23-11-10-12-24(30)17-23/h7-8,10-14,17,21-22H,5-6,9,15-16,18-20H2,1-4H3,(H,31,36). The highest BCUT2D eigenvalue weighted by Gasteiger charge is 2.20. The number of aromatic nitrogens is 2. The molecule has 0 aliphatic rings. The molecule has 0 bridgehead atoms. The van der Waals surface area contributed by atoms with Gasteiger partial charge in [0, 0.05) is 36.1 Å². The van der Waals surface area contributed by atoms with E-state index in [1.165, 1.54) is 0 Å². The Morgan fingerprint density at radius 2 is 1.69 bits per heavy atom. The smallest absolute Gasteiger partial charge is 0.251 e. The minimum atomic E-state index is -0.0519. The second kappa shape index (κ2) is 13.6. The van der Waals surface area contributed by atoms with Crippen LogP contribution in [0.3, 0.4) is 0 Å². The van der Waals surface area contributed by atoms with Gasteiger partial charge < -0.3 is 14.8 Å². The number of fused-ring (bicyclic) bond motifs is 1. The van der Waals surface area contributed by atoms with Crippen LogP contribution in [-0.2, 0) is 17.8 Å². The van der Waals surface area contributed by atoms with E-state index in [0.717, 1.165) is 60.1 Å². The summed E-state index contributed by atoms with van der Waals surface area (Å²) in [6, 6.07) is 15.5. The lowest BCUT2D eigenvalue weighted by Gasteiger charge is -2.27. The normalized spacial score (nSPS) is 11.4. The lowest BCUT2D eigenvalue weighted by Crippen LogP contribution is -2.39. The quantitative estimate of drug-likeness (QED) is 0.260. The van der Waals surface area contributed by atoms with Gasteiger partial charge in [-0.1, -0.05) is 68.2 Å². The maximum Gasteiger partial charge on any atom is 0.251 e. The van der Waals surface area contributed by atoms with E-state index in [1.807, 2.05) is 53.4 Å². The van der Waals surface area contributed by atoms with E-state index < -0.39 is 0 Å². The van der Waals surface area contributed by atoms with Crippen LogP contribution >= 0.6 is 15.9 Å². The van der Waals surface area contributed by atoms with Crippen LogP contribution in [0.5, 0.6) is 0 Å². The van der Waals surface area contributed by atoms with Gasteiger partial charge in [-0.15, -0.1) is 0 Å². The Morgan fingerprint density at radius 1 is 0.972 bits per heavy atom. The zero-order chi connectivity index (χ0) is 26.1. The Labute approximate surface area is 223 Å². The summed E-state index contributed by atoms with van der Waals surface area (Å²) in [5, 5.41) is 3.00. The SMILES string of the molecule is CC(C)CN(CC(C)C)C(=O)Cn1c(CCCCCNC(=O)c2cccc(Br)c2)nc2ccccc21. The first-order valence-electron chi connectivity index (χ1n) is 13.0. The fraction of sp³-hybridized carbons (Fsp3) is 0.483. The maximum absolute atomic E-state index is 13.3. The number of rotatable bonds is 13. The van der Waals surface area contributed by atoms with Gasteiger partial charge in [-0.3, -0.25) is 9.59 Å². The number of halogens is 1. The number of benzene rings is 2. The number of nitrogens with zero attached hydrogens (tertiary/aromatic N) is 3. The summed E-state index contributed by atoms with van der Waals surface area (Å²) in [6.45, 7) is 11.1. The topological polar surface area (TPSA) is 67.2 Å². The van der Waals surface area contributed by atoms with Crippen molar-refractivity contribution in [2.75, 3.05) is 19.6 Å². The van der Waals surface area contributed by atoms with E-state index in [9.17, 15) is 9.59 Å². The van der Waals surface area contributed by atoms with Crippen molar-refractivity contribution in [1.29, 1.82) is 0 Å². The molecule has 1 heterocycles. The van der Waals surface area contributed by atoms with Crippen LogP contribution in [-0.4, -0.2) is 45.9 Å². The maximum atomic E-state index is 13.3. The number of hydrogen-bond acceptors (Lipinski definition) is 3. The lowest BCUT2D eigenvalue weighted by molar-refractivity contribution is -0.132. The Balaban J connectivity index is 1.58. The third kappa shape index (κ3) is 8.19. The van der Waals surface area contributed by atoms with Crippen LogP contribution < -0.4 is 5.32 Å². The Hall–Kier alpha value is -2.67. The van der Waals surface area contributed by atoms with Crippen molar-refractivity contribution in [3.05, 3.63) is 64.4 Å². The van der Waals surface area contributed by atoms with Crippen LogP contribution in [0.2, 0.25) is 0 Å². The molecule has 3 aromatic rings. The zero-order valence-electron chi connectivity index (χ0n) is 22.0. The van der Waals surface area contributed by atoms with Crippen molar-refractivity contribution in [1.82, 2.24) is 19.8 Å². The number of amides is 2. The van der Waals surface area contributed by atoms with E-state index in [0.29, 0.717) is 30.5 Å². The number of aryl methyl sites for hydroxylation is 1. The highest BCUT2D eigenvalue weighted by molar-refractivity contribution is 9.10. The van der Waals surface area contributed by atoms with Gasteiger partial charge in [-0.25, -0.2) is 4.98 Å². The van der Waals surface area contributed by atoms with Crippen LogP contribution in [0.25, 0.3) is 11.0 Å². The Kier molecular flexibility index (Phi) is 10.5. The second-order valence-corrected chi connectivity index (χ2v) is 11.2. The van der Waals surface area contributed by atoms with Gasteiger partial charge in [0.05, 0.1) is 11.0 Å². The third-order valence-corrected chi connectivity index (χ3v) is 6.49. The molecule has 0 saturated heterocycles. The molecule has 1 aromatic heterocycles. The first-order chi connectivity index (χ1) is 17.2. The van der Waals surface area contributed by atoms with Crippen molar-refractivity contribution in [2.24, 2.45) is 11.8 Å². The van der Waals surface area contributed by atoms with Crippen molar-refractivity contribution < 1.29 is 9.59 Å². The minimum Gasteiger partial charge on any atom is -0.352 e. The van der Waals surface area contributed by atoms with Gasteiger partial charge >= 0.3 is 0 Å². The van der Waals surface area contributed by atoms with E-state index in [-0.39, 0.29) is 11.8 Å². The molecule has 0 aliphatic heterocycles. The molecule has 0 aliphatic carbocycles. The molecular formula is C29H39BrN4O2. The molecule has 0 radical (unpaired) electrons. The number of hydrogen-bond donors (Lipinski definition) is 1. The molecule has 194 valence electrons. The first-order valence-corrected chi connectivity index (χ1v) is 13.8. The summed E-state index contributed by atoms with van der Waals surface area (Å²) >= 11 is 3.40. The molecule has 7 heteroatoms. The number of unbranched alkanes of at least 4 members (excludes halogenated alkanes) is 2. The number of imidazole rings is 1. The van der Waals surface area contributed by atoms with Gasteiger partial charge in [-0.05, 0) is 55.0 Å². The average molecular weight is 556 g/mol. The lowest BCUT2D eigenvalue weighted by atomic mass is 10.1. The van der Waals surface area contributed by atoms with E-state index in [2.05, 4.69) is 53.5 Å². The molecule has 0 fully saturated rings. The first kappa shape index (κ1) is 27.9. The highest BCUT2D eigenvalue weighted by atomic mass is 79.9. The Bertz CT molecular complexity index is 1150. The predicted molar refractivity (Wildman–Crippen MR) is 150 cm³/mol. The summed E-state index contributed by atoms with van der Waals surface area (Å²) in [5.74, 6) is 1.91. The van der Waals surface area contributed by atoms with Crippen molar-refractivity contribution in [3.8, 4) is 0 Å². The number of para-hydroxylation sites is 2. The van der Waals surface area contributed by atoms with Crippen LogP contribution in [0.1, 0.15) is 63.1 Å². The third-order valence-electron chi connectivity index (χ3n) is 6.00. The monoisotopic (exact) mass is 554 g/mol. The summed E-state index contributed by atoms with van der Waals surface area (Å²) < 4.78 is 2.99. The molecule has 0 saturated carbocycles. The molecule has 2 aromatic carbocycles. The van der Waals surface area contributed by atoms with Gasteiger partial charge in [0.2, 0.25) is 5.91 Å². The molecule has 3 rings (SSSR count).